The van der Waals surface area contributed by atoms with Crippen LogP contribution in [0.1, 0.15) is 57.9 Å². The molecule has 1 saturated heterocycles. The second kappa shape index (κ2) is 14.1. The summed E-state index contributed by atoms with van der Waals surface area (Å²) < 4.78 is 0. The second-order valence-corrected chi connectivity index (χ2v) is 10.7. The number of H-pyrrole nitrogens is 1. The Labute approximate surface area is 229 Å². The van der Waals surface area contributed by atoms with Crippen LogP contribution in [-0.2, 0) is 25.6 Å². The maximum absolute atomic E-state index is 13.3. The van der Waals surface area contributed by atoms with E-state index in [1.54, 1.807) is 0 Å². The molecule has 11 nitrogen and oxygen atoms in total. The average molecular weight is 543 g/mol. The summed E-state index contributed by atoms with van der Waals surface area (Å²) in [7, 11) is 0. The molecule has 1 fully saturated rings. The van der Waals surface area contributed by atoms with E-state index in [9.17, 15) is 24.3 Å². The highest BCUT2D eigenvalue weighted by Crippen LogP contribution is 2.22. The van der Waals surface area contributed by atoms with Crippen LogP contribution in [0, 0.1) is 5.92 Å². The number of unbranched alkanes of at least 4 members (excludes halogenated alkanes) is 1. The van der Waals surface area contributed by atoms with Crippen molar-refractivity contribution in [3.8, 4) is 0 Å². The lowest BCUT2D eigenvalue weighted by atomic mass is 10.0. The Morgan fingerprint density at radius 1 is 1.13 bits per heavy atom. The van der Waals surface area contributed by atoms with E-state index in [2.05, 4.69) is 15.6 Å². The van der Waals surface area contributed by atoms with E-state index in [0.717, 1.165) is 16.5 Å². The van der Waals surface area contributed by atoms with Gasteiger partial charge in [-0.2, -0.15) is 0 Å². The SMILES string of the molecule is CC(C)CC(NC(=O)C(CCCCN)NC(=O)C1CCCN1C(=O)C(N)Cc1c[nH]c2ccccc12)C(=O)O. The number of carboxylic acids is 1. The number of carbonyl (C=O) groups is 4. The molecule has 4 unspecified atom stereocenters. The fourth-order valence-corrected chi connectivity index (χ4v) is 5.14. The molecule has 0 bridgehead atoms. The summed E-state index contributed by atoms with van der Waals surface area (Å²) in [5.41, 5.74) is 13.8. The standard InChI is InChI=1S/C28H42N6O5/c1-17(2)14-23(28(38)39)33-25(35)22(10-5-6-12-29)32-26(36)24-11-7-13-34(24)27(37)20(30)15-18-16-31-21-9-4-3-8-19(18)21/h3-4,8-9,16-17,20,22-24,31H,5-7,10-15,29-30H2,1-2H3,(H,32,36)(H,33,35)(H,38,39). The number of carboxylic acid groups (broad SMARTS) is 1. The molecule has 0 radical (unpaired) electrons. The number of aromatic nitrogens is 1. The Hall–Kier alpha value is -3.44. The van der Waals surface area contributed by atoms with Crippen LogP contribution in [0.4, 0.5) is 0 Å². The molecule has 1 aromatic carbocycles. The molecule has 39 heavy (non-hydrogen) atoms. The number of aliphatic carboxylic acids is 1. The van der Waals surface area contributed by atoms with Gasteiger partial charge in [0.05, 0.1) is 6.04 Å². The van der Waals surface area contributed by atoms with E-state index in [1.807, 2.05) is 44.3 Å². The van der Waals surface area contributed by atoms with Crippen LogP contribution >= 0.6 is 0 Å². The van der Waals surface area contributed by atoms with Crippen molar-refractivity contribution < 1.29 is 24.3 Å². The molecule has 1 aliphatic heterocycles. The molecule has 2 heterocycles. The predicted molar refractivity (Wildman–Crippen MR) is 149 cm³/mol. The first-order valence-corrected chi connectivity index (χ1v) is 13.8. The third-order valence-corrected chi connectivity index (χ3v) is 7.17. The topological polar surface area (TPSA) is 184 Å². The summed E-state index contributed by atoms with van der Waals surface area (Å²) in [4.78, 5) is 56.1. The van der Waals surface area contributed by atoms with Crippen molar-refractivity contribution in [2.75, 3.05) is 13.1 Å². The Morgan fingerprint density at radius 2 is 1.87 bits per heavy atom. The number of fused-ring (bicyclic) bond motifs is 1. The van der Waals surface area contributed by atoms with Gasteiger partial charge < -0.3 is 37.1 Å². The van der Waals surface area contributed by atoms with Gasteiger partial charge >= 0.3 is 5.97 Å². The van der Waals surface area contributed by atoms with Crippen molar-refractivity contribution in [2.45, 2.75) is 83.0 Å². The minimum atomic E-state index is -1.12. The Balaban J connectivity index is 1.67. The lowest BCUT2D eigenvalue weighted by molar-refractivity contribution is -0.143. The summed E-state index contributed by atoms with van der Waals surface area (Å²) >= 11 is 0. The highest BCUT2D eigenvalue weighted by Gasteiger charge is 2.38. The number of nitrogens with one attached hydrogen (secondary N) is 3. The highest BCUT2D eigenvalue weighted by atomic mass is 16.4. The molecule has 2 aromatic rings. The number of benzene rings is 1. The summed E-state index contributed by atoms with van der Waals surface area (Å²) in [6.07, 6.45) is 5.09. The first-order valence-electron chi connectivity index (χ1n) is 13.8. The first kappa shape index (κ1) is 30.1. The Kier molecular flexibility index (Phi) is 10.9. The van der Waals surface area contributed by atoms with Crippen LogP contribution in [0.5, 0.6) is 0 Å². The molecule has 11 heteroatoms. The number of amides is 3. The van der Waals surface area contributed by atoms with E-state index in [1.165, 1.54) is 4.90 Å². The van der Waals surface area contributed by atoms with Crippen LogP contribution < -0.4 is 22.1 Å². The normalized spacial score (nSPS) is 17.7. The van der Waals surface area contributed by atoms with Gasteiger partial charge in [-0.1, -0.05) is 32.0 Å². The molecule has 0 spiro atoms. The largest absolute Gasteiger partial charge is 0.480 e. The number of aromatic amines is 1. The Bertz CT molecular complexity index is 1150. The van der Waals surface area contributed by atoms with Gasteiger partial charge in [-0.15, -0.1) is 0 Å². The van der Waals surface area contributed by atoms with Crippen LogP contribution in [0.25, 0.3) is 10.9 Å². The zero-order chi connectivity index (χ0) is 28.5. The lowest BCUT2D eigenvalue weighted by Crippen LogP contribution is -2.56. The van der Waals surface area contributed by atoms with E-state index >= 15 is 0 Å². The molecule has 214 valence electrons. The van der Waals surface area contributed by atoms with Gasteiger partial charge in [0, 0.05) is 23.6 Å². The number of nitrogens with two attached hydrogens (primary N) is 2. The van der Waals surface area contributed by atoms with Gasteiger partial charge in [-0.05, 0) is 69.0 Å². The van der Waals surface area contributed by atoms with Gasteiger partial charge in [0.15, 0.2) is 0 Å². The minimum Gasteiger partial charge on any atom is -0.480 e. The number of hydrogen-bond donors (Lipinski definition) is 6. The molecule has 0 aliphatic carbocycles. The average Bonchev–Trinajstić information content (AvgIpc) is 3.55. The number of carbonyl (C=O) groups excluding carboxylic acids is 3. The van der Waals surface area contributed by atoms with Crippen molar-refractivity contribution >= 4 is 34.6 Å². The quantitative estimate of drug-likeness (QED) is 0.194. The third kappa shape index (κ3) is 8.03. The molecular weight excluding hydrogens is 500 g/mol. The van der Waals surface area contributed by atoms with E-state index < -0.39 is 42.0 Å². The highest BCUT2D eigenvalue weighted by molar-refractivity contribution is 5.94. The predicted octanol–water partition coefficient (Wildman–Crippen LogP) is 1.26. The molecule has 1 aromatic heterocycles. The maximum Gasteiger partial charge on any atom is 0.326 e. The van der Waals surface area contributed by atoms with Gasteiger partial charge in [0.1, 0.15) is 18.1 Å². The molecule has 4 atom stereocenters. The number of para-hydroxylation sites is 1. The van der Waals surface area contributed by atoms with Gasteiger partial charge in [-0.25, -0.2) is 4.79 Å². The zero-order valence-corrected chi connectivity index (χ0v) is 22.8. The Morgan fingerprint density at radius 3 is 2.56 bits per heavy atom. The smallest absolute Gasteiger partial charge is 0.326 e. The monoisotopic (exact) mass is 542 g/mol. The number of nitrogens with zero attached hydrogens (tertiary/aromatic N) is 1. The van der Waals surface area contributed by atoms with Gasteiger partial charge in [-0.3, -0.25) is 14.4 Å². The molecule has 3 rings (SSSR count). The molecular formula is C28H42N6O5. The zero-order valence-electron chi connectivity index (χ0n) is 22.8. The van der Waals surface area contributed by atoms with Crippen molar-refractivity contribution in [3.05, 3.63) is 36.0 Å². The van der Waals surface area contributed by atoms with Crippen molar-refractivity contribution in [1.82, 2.24) is 20.5 Å². The van der Waals surface area contributed by atoms with E-state index in [0.29, 0.717) is 51.6 Å². The van der Waals surface area contributed by atoms with Crippen LogP contribution in [0.3, 0.4) is 0 Å². The summed E-state index contributed by atoms with van der Waals surface area (Å²) in [5, 5.41) is 15.9. The van der Waals surface area contributed by atoms with Crippen LogP contribution in [-0.4, -0.2) is 75.9 Å². The lowest BCUT2D eigenvalue weighted by Gasteiger charge is -2.29. The summed E-state index contributed by atoms with van der Waals surface area (Å²) in [6, 6.07) is 4.21. The number of hydrogen-bond acceptors (Lipinski definition) is 6. The summed E-state index contributed by atoms with van der Waals surface area (Å²) in [5.74, 6) is -2.38. The van der Waals surface area contributed by atoms with Crippen molar-refractivity contribution in [2.24, 2.45) is 17.4 Å². The number of rotatable bonds is 14. The van der Waals surface area contributed by atoms with Gasteiger partial charge in [0.2, 0.25) is 17.7 Å². The van der Waals surface area contributed by atoms with Crippen molar-refractivity contribution in [3.63, 3.8) is 0 Å². The van der Waals surface area contributed by atoms with Gasteiger partial charge in [0.25, 0.3) is 0 Å². The molecule has 3 amide bonds. The van der Waals surface area contributed by atoms with Crippen LogP contribution in [0.15, 0.2) is 30.5 Å². The first-order chi connectivity index (χ1) is 18.6. The van der Waals surface area contributed by atoms with Crippen molar-refractivity contribution in [1.29, 1.82) is 0 Å². The minimum absolute atomic E-state index is 0.0585. The molecule has 0 saturated carbocycles. The maximum atomic E-state index is 13.3. The molecule has 8 N–H and O–H groups in total. The second-order valence-electron chi connectivity index (χ2n) is 10.7. The van der Waals surface area contributed by atoms with Crippen LogP contribution in [0.2, 0.25) is 0 Å². The fourth-order valence-electron chi connectivity index (χ4n) is 5.14. The van der Waals surface area contributed by atoms with E-state index in [4.69, 9.17) is 11.5 Å². The van der Waals surface area contributed by atoms with E-state index in [-0.39, 0.29) is 18.2 Å². The third-order valence-electron chi connectivity index (χ3n) is 7.17. The summed E-state index contributed by atoms with van der Waals surface area (Å²) in [6.45, 7) is 4.58. The molecule has 1 aliphatic rings. The number of likely N-dealkylation sites (tertiary alicyclic amines) is 1. The fraction of sp³-hybridized carbons (Fsp3) is 0.571.